The van der Waals surface area contributed by atoms with Crippen molar-refractivity contribution in [2.24, 2.45) is 0 Å². The summed E-state index contributed by atoms with van der Waals surface area (Å²) in [5.41, 5.74) is 2.95. The molecular weight excluding hydrogens is 749 g/mol. The Balaban J connectivity index is 0.921. The number of aryl methyl sites for hydroxylation is 1. The number of carbonyl (C=O) groups excluding carboxylic acids is 4. The van der Waals surface area contributed by atoms with Crippen LogP contribution in [0.3, 0.4) is 0 Å². The van der Waals surface area contributed by atoms with Crippen LogP contribution in [0.5, 0.6) is 17.2 Å². The van der Waals surface area contributed by atoms with E-state index in [4.69, 9.17) is 21.1 Å². The van der Waals surface area contributed by atoms with Crippen LogP contribution in [-0.4, -0.2) is 55.7 Å². The maximum absolute atomic E-state index is 13.1. The van der Waals surface area contributed by atoms with Crippen LogP contribution in [0, 0.1) is 0 Å². The number of nitrogens with zero attached hydrogens (tertiary/aromatic N) is 1. The molecule has 0 radical (unpaired) electrons. The fourth-order valence-corrected chi connectivity index (χ4v) is 6.45. The van der Waals surface area contributed by atoms with Crippen LogP contribution in [0.2, 0.25) is 0 Å². The minimum Gasteiger partial charge on any atom is -0.484 e. The Labute approximate surface area is 325 Å². The summed E-state index contributed by atoms with van der Waals surface area (Å²) >= 11 is 5.74. The molecule has 0 unspecified atom stereocenters. The van der Waals surface area contributed by atoms with Gasteiger partial charge < -0.3 is 30.3 Å². The Hall–Kier alpha value is -6.08. The molecule has 5 aromatic carbocycles. The van der Waals surface area contributed by atoms with E-state index in [9.17, 15) is 32.3 Å². The molecule has 14 heteroatoms. The van der Waals surface area contributed by atoms with Crippen molar-refractivity contribution in [3.63, 3.8) is 0 Å². The number of anilines is 1. The first-order chi connectivity index (χ1) is 27.0. The van der Waals surface area contributed by atoms with E-state index in [1.165, 1.54) is 12.1 Å². The van der Waals surface area contributed by atoms with E-state index >= 15 is 0 Å². The summed E-state index contributed by atoms with van der Waals surface area (Å²) in [6.07, 6.45) is -2.74. The Bertz CT molecular complexity index is 2230. The molecule has 10 nitrogen and oxygen atoms in total. The van der Waals surface area contributed by atoms with E-state index in [0.717, 1.165) is 47.4 Å². The number of amides is 4. The normalized spacial score (nSPS) is 12.4. The summed E-state index contributed by atoms with van der Waals surface area (Å²) in [5, 5.41) is 9.80. The number of rotatable bonds is 14. The Morgan fingerprint density at radius 2 is 1.50 bits per heavy atom. The largest absolute Gasteiger partial charge is 0.484 e. The first-order valence-corrected chi connectivity index (χ1v) is 18.4. The third-order valence-corrected chi connectivity index (χ3v) is 9.27. The lowest BCUT2D eigenvalue weighted by Crippen LogP contribution is -2.37. The SMILES string of the molecule is O=C(COc1ccc2c(c1)CCCN2C(=O)CCl)NCCNC(=O)Cc1cccc(CNC(=O)c2ccc3c(Oc4ccc(C(F)(F)F)cc4)cccc3c2)c1. The highest BCUT2D eigenvalue weighted by molar-refractivity contribution is 6.29. The molecule has 0 bridgehead atoms. The third-order valence-electron chi connectivity index (χ3n) is 9.05. The van der Waals surface area contributed by atoms with Crippen LogP contribution < -0.4 is 30.3 Å². The number of fused-ring (bicyclic) bond motifs is 2. The van der Waals surface area contributed by atoms with Crippen LogP contribution in [0.15, 0.2) is 103 Å². The van der Waals surface area contributed by atoms with Crippen LogP contribution in [0.1, 0.15) is 39.0 Å². The van der Waals surface area contributed by atoms with Gasteiger partial charge in [-0.3, -0.25) is 19.2 Å². The zero-order valence-corrected chi connectivity index (χ0v) is 30.8. The predicted molar refractivity (Wildman–Crippen MR) is 206 cm³/mol. The molecule has 1 heterocycles. The van der Waals surface area contributed by atoms with Gasteiger partial charge in [-0.15, -0.1) is 11.6 Å². The van der Waals surface area contributed by atoms with Gasteiger partial charge >= 0.3 is 6.18 Å². The highest BCUT2D eigenvalue weighted by Crippen LogP contribution is 2.34. The van der Waals surface area contributed by atoms with Crippen molar-refractivity contribution in [2.75, 3.05) is 37.0 Å². The number of benzene rings is 5. The summed E-state index contributed by atoms with van der Waals surface area (Å²) in [5.74, 6) is 0.0693. The van der Waals surface area contributed by atoms with E-state index in [1.54, 1.807) is 53.4 Å². The lowest BCUT2D eigenvalue weighted by molar-refractivity contribution is -0.137. The van der Waals surface area contributed by atoms with Crippen LogP contribution in [0.4, 0.5) is 18.9 Å². The number of nitrogens with one attached hydrogen (secondary N) is 3. The summed E-state index contributed by atoms with van der Waals surface area (Å²) in [6, 6.07) is 27.4. The van der Waals surface area contributed by atoms with Crippen molar-refractivity contribution in [2.45, 2.75) is 32.0 Å². The fraction of sp³-hybridized carbons (Fsp3) is 0.238. The quantitative estimate of drug-likeness (QED) is 0.0827. The first-order valence-electron chi connectivity index (χ1n) is 17.9. The van der Waals surface area contributed by atoms with Gasteiger partial charge in [-0.1, -0.05) is 36.4 Å². The molecule has 0 fully saturated rings. The standard InChI is InChI=1S/C42H38ClF3N4O6/c43-24-40(53)50-19-3-7-30-23-34(14-16-36(30)50)55-26-39(52)48-18-17-47-38(51)21-27-4-1-5-28(20-27)25-49-41(54)31-9-15-35-29(22-31)6-2-8-37(35)56-33-12-10-32(11-13-33)42(44,45)46/h1-2,4-6,8-16,20,22-23H,3,7,17-19,21,24-26H2,(H,47,51)(H,48,52)(H,49,54). The van der Waals surface area contributed by atoms with Crippen molar-refractivity contribution in [1.29, 1.82) is 0 Å². The smallest absolute Gasteiger partial charge is 0.416 e. The molecule has 0 atom stereocenters. The highest BCUT2D eigenvalue weighted by Gasteiger charge is 2.30. The zero-order valence-electron chi connectivity index (χ0n) is 30.1. The molecule has 0 saturated heterocycles. The van der Waals surface area contributed by atoms with Gasteiger partial charge in [0, 0.05) is 42.8 Å². The van der Waals surface area contributed by atoms with E-state index in [1.807, 2.05) is 30.3 Å². The van der Waals surface area contributed by atoms with Crippen molar-refractivity contribution in [3.8, 4) is 17.2 Å². The molecule has 0 spiro atoms. The zero-order chi connectivity index (χ0) is 39.7. The molecule has 0 saturated carbocycles. The van der Waals surface area contributed by atoms with Gasteiger partial charge in [0.1, 0.15) is 23.1 Å². The molecule has 1 aliphatic heterocycles. The van der Waals surface area contributed by atoms with Gasteiger partial charge in [-0.25, -0.2) is 0 Å². The lowest BCUT2D eigenvalue weighted by atomic mass is 10.0. The summed E-state index contributed by atoms with van der Waals surface area (Å²) in [7, 11) is 0. The average molecular weight is 787 g/mol. The molecule has 1 aliphatic rings. The van der Waals surface area contributed by atoms with E-state index < -0.39 is 11.7 Å². The van der Waals surface area contributed by atoms with Crippen LogP contribution in [0.25, 0.3) is 10.8 Å². The van der Waals surface area contributed by atoms with Gasteiger partial charge in [-0.05, 0) is 102 Å². The second kappa shape index (κ2) is 18.0. The Morgan fingerprint density at radius 3 is 2.27 bits per heavy atom. The molecule has 5 aromatic rings. The van der Waals surface area contributed by atoms with Crippen molar-refractivity contribution >= 4 is 51.7 Å². The molecule has 4 amide bonds. The Kier molecular flexibility index (Phi) is 12.8. The van der Waals surface area contributed by atoms with Gasteiger partial charge in [0.05, 0.1) is 12.0 Å². The van der Waals surface area contributed by atoms with Crippen molar-refractivity contribution in [1.82, 2.24) is 16.0 Å². The fourth-order valence-electron chi connectivity index (χ4n) is 6.30. The predicted octanol–water partition coefficient (Wildman–Crippen LogP) is 6.95. The number of hydrogen-bond acceptors (Lipinski definition) is 6. The molecular formula is C42H38ClF3N4O6. The van der Waals surface area contributed by atoms with E-state index in [2.05, 4.69) is 16.0 Å². The van der Waals surface area contributed by atoms with Gasteiger partial charge in [0.15, 0.2) is 6.61 Å². The molecule has 290 valence electrons. The minimum absolute atomic E-state index is 0.0905. The minimum atomic E-state index is -4.44. The average Bonchev–Trinajstić information content (AvgIpc) is 3.20. The number of halogens is 4. The topological polar surface area (TPSA) is 126 Å². The lowest BCUT2D eigenvalue weighted by Gasteiger charge is -2.29. The maximum atomic E-state index is 13.1. The molecule has 3 N–H and O–H groups in total. The number of ether oxygens (including phenoxy) is 2. The molecule has 56 heavy (non-hydrogen) atoms. The van der Waals surface area contributed by atoms with Gasteiger partial charge in [0.25, 0.3) is 11.8 Å². The van der Waals surface area contributed by atoms with Crippen molar-refractivity contribution < 1.29 is 41.8 Å². The molecule has 0 aliphatic carbocycles. The third kappa shape index (κ3) is 10.4. The first kappa shape index (κ1) is 39.6. The van der Waals surface area contributed by atoms with E-state index in [-0.39, 0.29) is 67.9 Å². The second-order valence-electron chi connectivity index (χ2n) is 13.1. The van der Waals surface area contributed by atoms with Gasteiger partial charge in [-0.2, -0.15) is 13.2 Å². The van der Waals surface area contributed by atoms with Gasteiger partial charge in [0.2, 0.25) is 11.8 Å². The maximum Gasteiger partial charge on any atom is 0.416 e. The summed E-state index contributed by atoms with van der Waals surface area (Å²) in [6.45, 7) is 1.06. The van der Waals surface area contributed by atoms with Crippen LogP contribution in [-0.2, 0) is 39.9 Å². The number of hydrogen-bond donors (Lipinski definition) is 3. The monoisotopic (exact) mass is 786 g/mol. The number of alkyl halides is 4. The van der Waals surface area contributed by atoms with Crippen molar-refractivity contribution in [3.05, 3.63) is 131 Å². The summed E-state index contributed by atoms with van der Waals surface area (Å²) in [4.78, 5) is 51.8. The molecule has 6 rings (SSSR count). The molecule has 0 aromatic heterocycles. The van der Waals surface area contributed by atoms with Crippen LogP contribution >= 0.6 is 11.6 Å². The highest BCUT2D eigenvalue weighted by atomic mass is 35.5. The summed E-state index contributed by atoms with van der Waals surface area (Å²) < 4.78 is 50.3. The Morgan fingerprint density at radius 1 is 0.768 bits per heavy atom. The van der Waals surface area contributed by atoms with E-state index in [0.29, 0.717) is 34.4 Å². The second-order valence-corrected chi connectivity index (χ2v) is 13.3. The number of carbonyl (C=O) groups is 4.